The molecule has 1 heteroatoms. The van der Waals surface area contributed by atoms with Crippen molar-refractivity contribution in [1.29, 1.82) is 0 Å². The molecule has 0 heterocycles. The Morgan fingerprint density at radius 1 is 1.73 bits per heavy atom. The van der Waals surface area contributed by atoms with Crippen LogP contribution in [-0.2, 0) is 0 Å². The predicted octanol–water partition coefficient (Wildman–Crippen LogP) is 2.28. The highest BCUT2D eigenvalue weighted by Gasteiger charge is 2.28. The van der Waals surface area contributed by atoms with E-state index in [0.29, 0.717) is 0 Å². The van der Waals surface area contributed by atoms with Gasteiger partial charge in [0.05, 0.1) is 6.10 Å². The second-order valence-corrected chi connectivity index (χ2v) is 3.74. The van der Waals surface area contributed by atoms with Gasteiger partial charge in [-0.25, -0.2) is 0 Å². The van der Waals surface area contributed by atoms with Crippen molar-refractivity contribution in [3.63, 3.8) is 0 Å². The van der Waals surface area contributed by atoms with Gasteiger partial charge in [0.2, 0.25) is 0 Å². The first-order valence-corrected chi connectivity index (χ1v) is 4.05. The summed E-state index contributed by atoms with van der Waals surface area (Å²) in [4.78, 5) is 0. The average Bonchev–Trinajstić information content (AvgIpc) is 1.86. The Hall–Kier alpha value is -0.560. The fourth-order valence-electron chi connectivity index (χ4n) is 1.45. The predicted molar refractivity (Wildman–Crippen MR) is 47.3 cm³/mol. The second kappa shape index (κ2) is 2.82. The van der Waals surface area contributed by atoms with Gasteiger partial charge in [-0.3, -0.25) is 0 Å². The first kappa shape index (κ1) is 8.54. The van der Waals surface area contributed by atoms with Gasteiger partial charge in [-0.05, 0) is 25.2 Å². The number of rotatable bonds is 1. The van der Waals surface area contributed by atoms with Gasteiger partial charge in [0.25, 0.3) is 0 Å². The lowest BCUT2D eigenvalue weighted by Gasteiger charge is -2.33. The Labute approximate surface area is 68.4 Å². The molecule has 0 saturated heterocycles. The van der Waals surface area contributed by atoms with Gasteiger partial charge in [0.1, 0.15) is 0 Å². The molecule has 0 aromatic heterocycles. The Bertz CT molecular complexity index is 193. The molecule has 0 aromatic rings. The Balaban J connectivity index is 2.75. The van der Waals surface area contributed by atoms with Crippen molar-refractivity contribution in [1.82, 2.24) is 0 Å². The standard InChI is InChI=1S/C10H16O/c1-8(2)10(3)6-4-5-9(11)7-10/h4-5,9,11H,1,6-7H2,2-3H3. The van der Waals surface area contributed by atoms with E-state index in [1.54, 1.807) is 0 Å². The molecular formula is C10H16O. The van der Waals surface area contributed by atoms with Gasteiger partial charge >= 0.3 is 0 Å². The van der Waals surface area contributed by atoms with E-state index in [-0.39, 0.29) is 11.5 Å². The summed E-state index contributed by atoms with van der Waals surface area (Å²) in [5.41, 5.74) is 1.29. The number of aliphatic hydroxyl groups excluding tert-OH is 1. The first-order valence-electron chi connectivity index (χ1n) is 4.05. The molecule has 0 aromatic carbocycles. The van der Waals surface area contributed by atoms with E-state index in [0.717, 1.165) is 12.8 Å². The minimum Gasteiger partial charge on any atom is -0.389 e. The third kappa shape index (κ3) is 1.72. The highest BCUT2D eigenvalue weighted by Crippen LogP contribution is 2.37. The van der Waals surface area contributed by atoms with Crippen molar-refractivity contribution >= 4 is 0 Å². The third-order valence-corrected chi connectivity index (χ3v) is 2.62. The molecule has 2 unspecified atom stereocenters. The van der Waals surface area contributed by atoms with Gasteiger partial charge in [0, 0.05) is 0 Å². The van der Waals surface area contributed by atoms with Gasteiger partial charge in [-0.2, -0.15) is 0 Å². The molecule has 1 aliphatic rings. The smallest absolute Gasteiger partial charge is 0.0729 e. The van der Waals surface area contributed by atoms with Crippen LogP contribution in [0.1, 0.15) is 26.7 Å². The Morgan fingerprint density at radius 3 is 2.73 bits per heavy atom. The average molecular weight is 152 g/mol. The molecule has 2 atom stereocenters. The van der Waals surface area contributed by atoms with Crippen LogP contribution in [0.5, 0.6) is 0 Å². The number of hydrogen-bond donors (Lipinski definition) is 1. The van der Waals surface area contributed by atoms with Crippen LogP contribution in [-0.4, -0.2) is 11.2 Å². The Kier molecular flexibility index (Phi) is 2.19. The van der Waals surface area contributed by atoms with E-state index in [1.165, 1.54) is 5.57 Å². The van der Waals surface area contributed by atoms with Crippen molar-refractivity contribution in [3.05, 3.63) is 24.3 Å². The molecule has 0 saturated carbocycles. The van der Waals surface area contributed by atoms with E-state index in [2.05, 4.69) is 13.5 Å². The summed E-state index contributed by atoms with van der Waals surface area (Å²) in [5.74, 6) is 0. The molecule has 62 valence electrons. The Morgan fingerprint density at radius 2 is 2.36 bits per heavy atom. The zero-order valence-electron chi connectivity index (χ0n) is 7.30. The van der Waals surface area contributed by atoms with E-state index in [9.17, 15) is 5.11 Å². The highest BCUT2D eigenvalue weighted by atomic mass is 16.3. The zero-order valence-corrected chi connectivity index (χ0v) is 7.30. The summed E-state index contributed by atoms with van der Waals surface area (Å²) in [6, 6.07) is 0. The highest BCUT2D eigenvalue weighted by molar-refractivity contribution is 5.14. The first-order chi connectivity index (χ1) is 5.04. The van der Waals surface area contributed by atoms with Crippen molar-refractivity contribution in [2.45, 2.75) is 32.8 Å². The molecule has 1 rings (SSSR count). The molecule has 0 amide bonds. The molecule has 0 bridgehead atoms. The zero-order chi connectivity index (χ0) is 8.48. The molecule has 0 spiro atoms. The summed E-state index contributed by atoms with van der Waals surface area (Å²) in [7, 11) is 0. The van der Waals surface area contributed by atoms with Gasteiger partial charge in [-0.15, -0.1) is 0 Å². The van der Waals surface area contributed by atoms with E-state index in [1.807, 2.05) is 19.1 Å². The number of aliphatic hydroxyl groups is 1. The monoisotopic (exact) mass is 152 g/mol. The quantitative estimate of drug-likeness (QED) is 0.571. The number of hydrogen-bond acceptors (Lipinski definition) is 1. The van der Waals surface area contributed by atoms with Crippen LogP contribution < -0.4 is 0 Å². The molecule has 0 fully saturated rings. The fourth-order valence-corrected chi connectivity index (χ4v) is 1.45. The molecule has 1 nitrogen and oxygen atoms in total. The maximum Gasteiger partial charge on any atom is 0.0729 e. The van der Waals surface area contributed by atoms with Crippen molar-refractivity contribution in [2.75, 3.05) is 0 Å². The maximum absolute atomic E-state index is 9.37. The molecule has 0 radical (unpaired) electrons. The molecular weight excluding hydrogens is 136 g/mol. The topological polar surface area (TPSA) is 20.2 Å². The summed E-state index contributed by atoms with van der Waals surface area (Å²) < 4.78 is 0. The minimum absolute atomic E-state index is 0.119. The SMILES string of the molecule is C=C(C)C1(C)CC=CC(O)C1. The van der Waals surface area contributed by atoms with Crippen LogP contribution >= 0.6 is 0 Å². The van der Waals surface area contributed by atoms with Crippen molar-refractivity contribution in [2.24, 2.45) is 5.41 Å². The van der Waals surface area contributed by atoms with Gasteiger partial charge in [-0.1, -0.05) is 31.2 Å². The largest absolute Gasteiger partial charge is 0.389 e. The van der Waals surface area contributed by atoms with Crippen molar-refractivity contribution < 1.29 is 5.11 Å². The molecule has 1 N–H and O–H groups in total. The summed E-state index contributed by atoms with van der Waals surface area (Å²) in [6.07, 6.45) is 5.47. The summed E-state index contributed by atoms with van der Waals surface area (Å²) in [5, 5.41) is 9.37. The van der Waals surface area contributed by atoms with Crippen LogP contribution in [0.4, 0.5) is 0 Å². The van der Waals surface area contributed by atoms with Crippen LogP contribution in [0.2, 0.25) is 0 Å². The molecule has 11 heavy (non-hydrogen) atoms. The van der Waals surface area contributed by atoms with Crippen LogP contribution in [0.3, 0.4) is 0 Å². The molecule has 0 aliphatic heterocycles. The van der Waals surface area contributed by atoms with E-state index < -0.39 is 0 Å². The third-order valence-electron chi connectivity index (χ3n) is 2.62. The molecule has 1 aliphatic carbocycles. The van der Waals surface area contributed by atoms with Crippen LogP contribution in [0.15, 0.2) is 24.3 Å². The normalized spacial score (nSPS) is 37.2. The number of allylic oxidation sites excluding steroid dienone is 2. The van der Waals surface area contributed by atoms with E-state index in [4.69, 9.17) is 0 Å². The lowest BCUT2D eigenvalue weighted by Crippen LogP contribution is -2.26. The fraction of sp³-hybridized carbons (Fsp3) is 0.600. The summed E-state index contributed by atoms with van der Waals surface area (Å²) in [6.45, 7) is 8.13. The van der Waals surface area contributed by atoms with E-state index >= 15 is 0 Å². The van der Waals surface area contributed by atoms with Crippen molar-refractivity contribution in [3.8, 4) is 0 Å². The maximum atomic E-state index is 9.37. The minimum atomic E-state index is -0.273. The summed E-state index contributed by atoms with van der Waals surface area (Å²) >= 11 is 0. The van der Waals surface area contributed by atoms with Gasteiger partial charge < -0.3 is 5.11 Å². The lowest BCUT2D eigenvalue weighted by atomic mass is 9.73. The van der Waals surface area contributed by atoms with Gasteiger partial charge in [0.15, 0.2) is 0 Å². The lowest BCUT2D eigenvalue weighted by molar-refractivity contribution is 0.151. The van der Waals surface area contributed by atoms with Crippen LogP contribution in [0, 0.1) is 5.41 Å². The second-order valence-electron chi connectivity index (χ2n) is 3.74. The van der Waals surface area contributed by atoms with Crippen LogP contribution in [0.25, 0.3) is 0 Å².